The molecular weight excluding hydrogens is 248 g/mol. The summed E-state index contributed by atoms with van der Waals surface area (Å²) in [6, 6.07) is 4.22. The van der Waals surface area contributed by atoms with E-state index in [0.717, 1.165) is 13.0 Å². The van der Waals surface area contributed by atoms with Gasteiger partial charge in [-0.3, -0.25) is 10.2 Å². The SMILES string of the molecule is CC(CC(C)(C#N)NC1CC1)N1CCCC1CN(C)C. The van der Waals surface area contributed by atoms with Crippen LogP contribution in [-0.2, 0) is 0 Å². The Morgan fingerprint density at radius 1 is 1.40 bits per heavy atom. The van der Waals surface area contributed by atoms with Crippen molar-refractivity contribution in [2.45, 2.75) is 69.6 Å². The minimum atomic E-state index is -0.369. The van der Waals surface area contributed by atoms with Crippen LogP contribution in [0.15, 0.2) is 0 Å². The molecule has 0 radical (unpaired) electrons. The molecule has 2 fully saturated rings. The molecule has 2 rings (SSSR count). The molecule has 1 aliphatic carbocycles. The molecule has 3 unspecified atom stereocenters. The summed E-state index contributed by atoms with van der Waals surface area (Å²) < 4.78 is 0. The fourth-order valence-electron chi connectivity index (χ4n) is 3.58. The Labute approximate surface area is 124 Å². The van der Waals surface area contributed by atoms with Crippen molar-refractivity contribution in [2.24, 2.45) is 0 Å². The molecule has 1 saturated heterocycles. The molecule has 2 aliphatic rings. The summed E-state index contributed by atoms with van der Waals surface area (Å²) >= 11 is 0. The van der Waals surface area contributed by atoms with Crippen LogP contribution in [0.4, 0.5) is 0 Å². The zero-order valence-electron chi connectivity index (χ0n) is 13.5. The van der Waals surface area contributed by atoms with Crippen LogP contribution in [0.2, 0.25) is 0 Å². The highest BCUT2D eigenvalue weighted by Gasteiger charge is 2.37. The van der Waals surface area contributed by atoms with E-state index < -0.39 is 0 Å². The van der Waals surface area contributed by atoms with E-state index >= 15 is 0 Å². The standard InChI is InChI=1S/C16H30N4/c1-13(10-16(2,12-17)18-14-7-8-14)20-9-5-6-15(20)11-19(3)4/h13-15,18H,5-11H2,1-4H3. The van der Waals surface area contributed by atoms with Gasteiger partial charge in [0.15, 0.2) is 0 Å². The number of nitrogens with one attached hydrogen (secondary N) is 1. The van der Waals surface area contributed by atoms with E-state index in [0.29, 0.717) is 18.1 Å². The van der Waals surface area contributed by atoms with Crippen molar-refractivity contribution in [1.29, 1.82) is 5.26 Å². The Morgan fingerprint density at radius 3 is 2.65 bits per heavy atom. The summed E-state index contributed by atoms with van der Waals surface area (Å²) in [7, 11) is 4.30. The molecule has 3 atom stereocenters. The van der Waals surface area contributed by atoms with E-state index in [2.05, 4.69) is 49.1 Å². The van der Waals surface area contributed by atoms with E-state index in [4.69, 9.17) is 0 Å². The lowest BCUT2D eigenvalue weighted by Gasteiger charge is -2.36. The third kappa shape index (κ3) is 4.18. The molecule has 0 aromatic carbocycles. The van der Waals surface area contributed by atoms with Gasteiger partial charge < -0.3 is 4.90 Å². The third-order valence-electron chi connectivity index (χ3n) is 4.62. The van der Waals surface area contributed by atoms with Crippen LogP contribution in [0.3, 0.4) is 0 Å². The Hall–Kier alpha value is -0.630. The largest absolute Gasteiger partial charge is 0.308 e. The summed E-state index contributed by atoms with van der Waals surface area (Å²) in [5.41, 5.74) is -0.369. The van der Waals surface area contributed by atoms with Crippen LogP contribution in [0, 0.1) is 11.3 Å². The highest BCUT2D eigenvalue weighted by Crippen LogP contribution is 2.28. The Bertz CT molecular complexity index is 358. The maximum absolute atomic E-state index is 9.53. The molecule has 20 heavy (non-hydrogen) atoms. The maximum Gasteiger partial charge on any atom is 0.105 e. The van der Waals surface area contributed by atoms with Gasteiger partial charge in [-0.25, -0.2) is 0 Å². The second-order valence-corrected chi connectivity index (χ2v) is 7.21. The van der Waals surface area contributed by atoms with Crippen molar-refractivity contribution in [3.8, 4) is 6.07 Å². The number of rotatable bonds is 7. The predicted octanol–water partition coefficient (Wildman–Crippen LogP) is 1.83. The van der Waals surface area contributed by atoms with Crippen molar-refractivity contribution in [3.63, 3.8) is 0 Å². The highest BCUT2D eigenvalue weighted by molar-refractivity contribution is 5.09. The van der Waals surface area contributed by atoms with Crippen LogP contribution in [0.25, 0.3) is 0 Å². The molecule has 1 heterocycles. The molecule has 1 N–H and O–H groups in total. The summed E-state index contributed by atoms with van der Waals surface area (Å²) in [5.74, 6) is 0. The van der Waals surface area contributed by atoms with Gasteiger partial charge in [0.05, 0.1) is 6.07 Å². The third-order valence-corrected chi connectivity index (χ3v) is 4.62. The average Bonchev–Trinajstić information content (AvgIpc) is 3.04. The average molecular weight is 278 g/mol. The van der Waals surface area contributed by atoms with Gasteiger partial charge in [0, 0.05) is 24.7 Å². The number of nitriles is 1. The molecule has 4 heteroatoms. The minimum absolute atomic E-state index is 0.369. The maximum atomic E-state index is 9.53. The number of nitrogens with zero attached hydrogens (tertiary/aromatic N) is 3. The minimum Gasteiger partial charge on any atom is -0.308 e. The van der Waals surface area contributed by atoms with Crippen molar-refractivity contribution >= 4 is 0 Å². The van der Waals surface area contributed by atoms with Gasteiger partial charge >= 0.3 is 0 Å². The summed E-state index contributed by atoms with van der Waals surface area (Å²) in [6.45, 7) is 6.67. The van der Waals surface area contributed by atoms with E-state index in [1.165, 1.54) is 32.2 Å². The van der Waals surface area contributed by atoms with Crippen molar-refractivity contribution in [3.05, 3.63) is 0 Å². The van der Waals surface area contributed by atoms with Gasteiger partial charge in [0.25, 0.3) is 0 Å². The molecular formula is C16H30N4. The van der Waals surface area contributed by atoms with E-state index in [-0.39, 0.29) is 5.54 Å². The first kappa shape index (κ1) is 15.8. The van der Waals surface area contributed by atoms with Gasteiger partial charge in [-0.1, -0.05) is 0 Å². The molecule has 114 valence electrons. The van der Waals surface area contributed by atoms with Crippen LogP contribution < -0.4 is 5.32 Å². The van der Waals surface area contributed by atoms with Crippen molar-refractivity contribution < 1.29 is 0 Å². The first-order valence-corrected chi connectivity index (χ1v) is 8.03. The predicted molar refractivity (Wildman–Crippen MR) is 82.5 cm³/mol. The highest BCUT2D eigenvalue weighted by atomic mass is 15.2. The topological polar surface area (TPSA) is 42.3 Å². The number of likely N-dealkylation sites (N-methyl/N-ethyl adjacent to an activating group) is 1. The quantitative estimate of drug-likeness (QED) is 0.771. The fraction of sp³-hybridized carbons (Fsp3) is 0.938. The van der Waals surface area contributed by atoms with Gasteiger partial charge in [0.1, 0.15) is 5.54 Å². The normalized spacial score (nSPS) is 28.3. The second-order valence-electron chi connectivity index (χ2n) is 7.21. The zero-order chi connectivity index (χ0) is 14.8. The molecule has 0 amide bonds. The van der Waals surface area contributed by atoms with Crippen LogP contribution in [0.1, 0.15) is 46.0 Å². The molecule has 0 spiro atoms. The summed E-state index contributed by atoms with van der Waals surface area (Å²) in [4.78, 5) is 4.89. The van der Waals surface area contributed by atoms with Crippen molar-refractivity contribution in [1.82, 2.24) is 15.1 Å². The summed E-state index contributed by atoms with van der Waals surface area (Å²) in [5, 5.41) is 13.1. The molecule has 0 bridgehead atoms. The van der Waals surface area contributed by atoms with Crippen LogP contribution in [0.5, 0.6) is 0 Å². The van der Waals surface area contributed by atoms with Crippen LogP contribution in [-0.4, -0.2) is 60.6 Å². The van der Waals surface area contributed by atoms with E-state index in [1.54, 1.807) is 0 Å². The number of hydrogen-bond acceptors (Lipinski definition) is 4. The molecule has 0 aromatic rings. The van der Waals surface area contributed by atoms with Gasteiger partial charge in [-0.15, -0.1) is 0 Å². The Morgan fingerprint density at radius 2 is 2.10 bits per heavy atom. The zero-order valence-corrected chi connectivity index (χ0v) is 13.5. The molecule has 1 aliphatic heterocycles. The first-order valence-electron chi connectivity index (χ1n) is 8.03. The number of likely N-dealkylation sites (tertiary alicyclic amines) is 1. The summed E-state index contributed by atoms with van der Waals surface area (Å²) in [6.07, 6.45) is 5.98. The van der Waals surface area contributed by atoms with E-state index in [9.17, 15) is 5.26 Å². The van der Waals surface area contributed by atoms with Gasteiger partial charge in [-0.2, -0.15) is 5.26 Å². The first-order chi connectivity index (χ1) is 9.43. The van der Waals surface area contributed by atoms with Crippen molar-refractivity contribution in [2.75, 3.05) is 27.2 Å². The monoisotopic (exact) mass is 278 g/mol. The van der Waals surface area contributed by atoms with E-state index in [1.807, 2.05) is 0 Å². The molecule has 0 aromatic heterocycles. The molecule has 4 nitrogen and oxygen atoms in total. The Kier molecular flexibility index (Phi) is 5.06. The van der Waals surface area contributed by atoms with Crippen LogP contribution >= 0.6 is 0 Å². The number of hydrogen-bond donors (Lipinski definition) is 1. The molecule has 1 saturated carbocycles. The second kappa shape index (κ2) is 6.43. The smallest absolute Gasteiger partial charge is 0.105 e. The van der Waals surface area contributed by atoms with Gasteiger partial charge in [-0.05, 0) is 66.6 Å². The lowest BCUT2D eigenvalue weighted by Crippen LogP contribution is -2.50. The lowest BCUT2D eigenvalue weighted by molar-refractivity contribution is 0.139. The Balaban J connectivity index is 1.91. The fourth-order valence-corrected chi connectivity index (χ4v) is 3.58. The van der Waals surface area contributed by atoms with Gasteiger partial charge in [0.2, 0.25) is 0 Å². The lowest BCUT2D eigenvalue weighted by atomic mass is 9.94.